The summed E-state index contributed by atoms with van der Waals surface area (Å²) in [6, 6.07) is 0. The van der Waals surface area contributed by atoms with E-state index in [2.05, 4.69) is 0 Å². The molecule has 0 spiro atoms. The van der Waals surface area contributed by atoms with Crippen molar-refractivity contribution < 1.29 is 18.3 Å². The molecular formula is C16H30F2O2S. The van der Waals surface area contributed by atoms with Crippen molar-refractivity contribution in [3.05, 3.63) is 0 Å². The van der Waals surface area contributed by atoms with Crippen LogP contribution in [0.1, 0.15) is 60.3 Å². The van der Waals surface area contributed by atoms with Gasteiger partial charge in [-0.2, -0.15) is 11.8 Å². The first-order valence-electron chi connectivity index (χ1n) is 7.70. The number of hydrogen-bond acceptors (Lipinski definition) is 3. The Hall–Kier alpha value is -0.320. The maximum atomic E-state index is 12.2. The highest BCUT2D eigenvalue weighted by Crippen LogP contribution is 2.27. The molecular weight excluding hydrogens is 294 g/mol. The quantitative estimate of drug-likeness (QED) is 0.388. The zero-order valence-corrected chi connectivity index (χ0v) is 14.8. The minimum Gasteiger partial charge on any atom is -0.464 e. The van der Waals surface area contributed by atoms with Crippen LogP contribution in [0.3, 0.4) is 0 Å². The fourth-order valence-corrected chi connectivity index (χ4v) is 2.90. The molecule has 0 aliphatic rings. The van der Waals surface area contributed by atoms with Crippen LogP contribution in [0.4, 0.5) is 8.78 Å². The first-order chi connectivity index (χ1) is 9.62. The summed E-state index contributed by atoms with van der Waals surface area (Å²) in [5.74, 6) is 1.13. The summed E-state index contributed by atoms with van der Waals surface area (Å²) in [5, 5.41) is 0. The Bertz CT molecular complexity index is 294. The molecule has 0 radical (unpaired) electrons. The molecule has 1 atom stereocenters. The number of hydrogen-bond donors (Lipinski definition) is 0. The zero-order valence-electron chi connectivity index (χ0n) is 14.0. The Kier molecular flexibility index (Phi) is 10.3. The topological polar surface area (TPSA) is 26.3 Å². The van der Waals surface area contributed by atoms with Crippen LogP contribution in [0, 0.1) is 11.8 Å². The van der Waals surface area contributed by atoms with Gasteiger partial charge in [-0.25, -0.2) is 8.78 Å². The molecule has 0 N–H and O–H groups in total. The third-order valence-electron chi connectivity index (χ3n) is 3.07. The second kappa shape index (κ2) is 10.4. The third kappa shape index (κ3) is 13.1. The predicted molar refractivity (Wildman–Crippen MR) is 86.0 cm³/mol. The van der Waals surface area contributed by atoms with Crippen LogP contribution in [0.25, 0.3) is 0 Å². The van der Waals surface area contributed by atoms with Crippen molar-refractivity contribution in [3.63, 3.8) is 0 Å². The van der Waals surface area contributed by atoms with Crippen molar-refractivity contribution in [3.8, 4) is 0 Å². The molecule has 0 amide bonds. The van der Waals surface area contributed by atoms with E-state index in [1.807, 2.05) is 34.6 Å². The lowest BCUT2D eigenvalue weighted by Gasteiger charge is -2.24. The van der Waals surface area contributed by atoms with Gasteiger partial charge >= 0.3 is 5.97 Å². The third-order valence-corrected chi connectivity index (χ3v) is 4.46. The van der Waals surface area contributed by atoms with E-state index in [1.165, 1.54) is 0 Å². The Balaban J connectivity index is 3.79. The Morgan fingerprint density at radius 3 is 2.38 bits per heavy atom. The molecule has 0 aromatic carbocycles. The molecule has 0 aliphatic carbocycles. The van der Waals surface area contributed by atoms with Gasteiger partial charge in [-0.3, -0.25) is 4.79 Å². The molecule has 0 aliphatic heterocycles. The van der Waals surface area contributed by atoms with Crippen LogP contribution in [0.15, 0.2) is 0 Å². The second-order valence-corrected chi connectivity index (χ2v) is 8.54. The van der Waals surface area contributed by atoms with Gasteiger partial charge in [0.2, 0.25) is 6.43 Å². The van der Waals surface area contributed by atoms with Crippen molar-refractivity contribution in [2.24, 2.45) is 11.8 Å². The van der Waals surface area contributed by atoms with Gasteiger partial charge in [-0.1, -0.05) is 20.8 Å². The van der Waals surface area contributed by atoms with Gasteiger partial charge in [-0.15, -0.1) is 0 Å². The average Bonchev–Trinajstić information content (AvgIpc) is 2.31. The Labute approximate surface area is 132 Å². The molecule has 126 valence electrons. The molecule has 0 heterocycles. The minimum absolute atomic E-state index is 0.0130. The van der Waals surface area contributed by atoms with Crippen molar-refractivity contribution in [2.45, 2.75) is 71.5 Å². The van der Waals surface area contributed by atoms with Gasteiger partial charge in [-0.05, 0) is 44.3 Å². The fourth-order valence-electron chi connectivity index (χ4n) is 1.89. The first kappa shape index (κ1) is 20.7. The van der Waals surface area contributed by atoms with Gasteiger partial charge in [0.15, 0.2) is 0 Å². The molecule has 2 nitrogen and oxygen atoms in total. The van der Waals surface area contributed by atoms with E-state index in [-0.39, 0.29) is 23.1 Å². The number of carbonyl (C=O) groups is 1. The van der Waals surface area contributed by atoms with Crippen molar-refractivity contribution in [1.29, 1.82) is 0 Å². The molecule has 0 aromatic rings. The van der Waals surface area contributed by atoms with Crippen molar-refractivity contribution in [1.82, 2.24) is 0 Å². The summed E-state index contributed by atoms with van der Waals surface area (Å²) in [7, 11) is 0. The summed E-state index contributed by atoms with van der Waals surface area (Å²) in [4.78, 5) is 11.5. The normalized spacial score (nSPS) is 13.8. The molecule has 1 unspecified atom stereocenters. The van der Waals surface area contributed by atoms with Gasteiger partial charge in [0.1, 0.15) is 6.61 Å². The van der Waals surface area contributed by atoms with Crippen LogP contribution in [-0.4, -0.2) is 29.5 Å². The number of halogens is 2. The molecule has 5 heteroatoms. The predicted octanol–water partition coefficient (Wildman–Crippen LogP) is 5.16. The Morgan fingerprint density at radius 1 is 1.24 bits per heavy atom. The highest BCUT2D eigenvalue weighted by atomic mass is 32.2. The van der Waals surface area contributed by atoms with E-state index in [4.69, 9.17) is 4.74 Å². The van der Waals surface area contributed by atoms with Gasteiger partial charge in [0, 0.05) is 17.6 Å². The Morgan fingerprint density at radius 2 is 1.86 bits per heavy atom. The van der Waals surface area contributed by atoms with Gasteiger partial charge in [0.05, 0.1) is 0 Å². The molecule has 0 saturated carbocycles. The van der Waals surface area contributed by atoms with E-state index >= 15 is 0 Å². The van der Waals surface area contributed by atoms with Crippen molar-refractivity contribution in [2.75, 3.05) is 12.4 Å². The van der Waals surface area contributed by atoms with Crippen LogP contribution in [-0.2, 0) is 9.53 Å². The van der Waals surface area contributed by atoms with E-state index in [9.17, 15) is 13.6 Å². The number of esters is 1. The van der Waals surface area contributed by atoms with Crippen molar-refractivity contribution >= 4 is 17.7 Å². The molecule has 0 fully saturated rings. The maximum absolute atomic E-state index is 12.2. The van der Waals surface area contributed by atoms with Gasteiger partial charge < -0.3 is 4.74 Å². The lowest BCUT2D eigenvalue weighted by Crippen LogP contribution is -2.26. The number of alkyl halides is 2. The number of rotatable bonds is 11. The fraction of sp³-hybridized carbons (Fsp3) is 0.938. The van der Waals surface area contributed by atoms with Gasteiger partial charge in [0.25, 0.3) is 0 Å². The largest absolute Gasteiger partial charge is 0.464 e. The summed E-state index contributed by atoms with van der Waals surface area (Å²) in [6.45, 7) is 10.3. The summed E-state index contributed by atoms with van der Waals surface area (Å²) in [5.41, 5.74) is 0. The van der Waals surface area contributed by atoms with Crippen LogP contribution < -0.4 is 0 Å². The zero-order chi connectivity index (χ0) is 16.5. The van der Waals surface area contributed by atoms with Crippen LogP contribution >= 0.6 is 11.8 Å². The highest BCUT2D eigenvalue weighted by Gasteiger charge is 2.21. The number of ether oxygens (including phenoxy) is 1. The van der Waals surface area contributed by atoms with E-state index in [0.29, 0.717) is 18.9 Å². The molecule has 0 saturated heterocycles. The standard InChI is InChI=1S/C16H30F2O2S/c1-12(2)9-15(19)20-11-16(4,5)21-8-6-7-13(3)10-14(17)18/h12-14H,6-11H2,1-5H3. The summed E-state index contributed by atoms with van der Waals surface area (Å²) < 4.78 is 29.6. The first-order valence-corrected chi connectivity index (χ1v) is 8.68. The average molecular weight is 324 g/mol. The molecule has 0 aromatic heterocycles. The lowest BCUT2D eigenvalue weighted by atomic mass is 10.0. The highest BCUT2D eigenvalue weighted by molar-refractivity contribution is 8.00. The van der Waals surface area contributed by atoms with Crippen LogP contribution in [0.5, 0.6) is 0 Å². The minimum atomic E-state index is -2.20. The smallest absolute Gasteiger partial charge is 0.306 e. The maximum Gasteiger partial charge on any atom is 0.306 e. The monoisotopic (exact) mass is 324 g/mol. The van der Waals surface area contributed by atoms with E-state index in [1.54, 1.807) is 11.8 Å². The molecule has 0 rings (SSSR count). The molecule has 0 bridgehead atoms. The van der Waals surface area contributed by atoms with E-state index < -0.39 is 6.43 Å². The van der Waals surface area contributed by atoms with Crippen LogP contribution in [0.2, 0.25) is 0 Å². The molecule has 21 heavy (non-hydrogen) atoms. The SMILES string of the molecule is CC(C)CC(=O)OCC(C)(C)SCCCC(C)CC(F)F. The number of carbonyl (C=O) groups excluding carboxylic acids is 1. The summed E-state index contributed by atoms with van der Waals surface area (Å²) in [6.07, 6.45) is -0.0284. The second-order valence-electron chi connectivity index (χ2n) is 6.74. The number of thioether (sulfide) groups is 1. The van der Waals surface area contributed by atoms with E-state index in [0.717, 1.165) is 18.6 Å². The summed E-state index contributed by atoms with van der Waals surface area (Å²) >= 11 is 1.74. The lowest BCUT2D eigenvalue weighted by molar-refractivity contribution is -0.145.